The summed E-state index contributed by atoms with van der Waals surface area (Å²) in [6, 6.07) is 13.5. The Morgan fingerprint density at radius 2 is 1.65 bits per heavy atom. The molecule has 1 unspecified atom stereocenters. The van der Waals surface area contributed by atoms with Crippen LogP contribution >= 0.6 is 0 Å². The van der Waals surface area contributed by atoms with E-state index in [1.165, 1.54) is 6.42 Å². The van der Waals surface area contributed by atoms with Crippen molar-refractivity contribution in [2.45, 2.75) is 82.3 Å². The SMILES string of the molecule is N#Cc1ccc(C(C(=O)NCCc2ccc(O)cc2)N2C(=O)[C@@H]3CCCCN3C(=O)[C@@H]2CC2CCCCC2)cc1. The lowest BCUT2D eigenvalue weighted by atomic mass is 9.82. The van der Waals surface area contributed by atoms with Crippen molar-refractivity contribution >= 4 is 17.7 Å². The van der Waals surface area contributed by atoms with E-state index in [4.69, 9.17) is 0 Å². The number of hydrogen-bond acceptors (Lipinski definition) is 5. The molecule has 0 radical (unpaired) electrons. The number of piperazine rings is 1. The maximum Gasteiger partial charge on any atom is 0.247 e. The van der Waals surface area contributed by atoms with Gasteiger partial charge in [0.1, 0.15) is 23.9 Å². The van der Waals surface area contributed by atoms with E-state index in [1.807, 2.05) is 12.1 Å². The van der Waals surface area contributed by atoms with E-state index in [0.717, 1.165) is 44.1 Å². The lowest BCUT2D eigenvalue weighted by Crippen LogP contribution is -2.67. The molecule has 1 saturated carbocycles. The molecule has 2 heterocycles. The van der Waals surface area contributed by atoms with Gasteiger partial charge >= 0.3 is 0 Å². The van der Waals surface area contributed by atoms with Crippen LogP contribution in [0.15, 0.2) is 48.5 Å². The van der Waals surface area contributed by atoms with Crippen LogP contribution in [0.3, 0.4) is 0 Å². The summed E-state index contributed by atoms with van der Waals surface area (Å²) in [5, 5.41) is 21.9. The van der Waals surface area contributed by atoms with Crippen molar-refractivity contribution < 1.29 is 19.5 Å². The summed E-state index contributed by atoms with van der Waals surface area (Å²) in [6.07, 6.45) is 9.03. The number of piperidine rings is 1. The molecule has 3 aliphatic rings. The minimum absolute atomic E-state index is 0.0367. The van der Waals surface area contributed by atoms with Crippen molar-refractivity contribution in [3.63, 3.8) is 0 Å². The molecule has 0 spiro atoms. The molecule has 210 valence electrons. The summed E-state index contributed by atoms with van der Waals surface area (Å²) < 4.78 is 0. The fourth-order valence-corrected chi connectivity index (χ4v) is 6.62. The zero-order valence-electron chi connectivity index (χ0n) is 22.9. The topological polar surface area (TPSA) is 114 Å². The monoisotopic (exact) mass is 542 g/mol. The van der Waals surface area contributed by atoms with Crippen molar-refractivity contribution in [3.05, 3.63) is 65.2 Å². The molecule has 0 aromatic heterocycles. The smallest absolute Gasteiger partial charge is 0.247 e. The van der Waals surface area contributed by atoms with Gasteiger partial charge in [0.05, 0.1) is 11.6 Å². The lowest BCUT2D eigenvalue weighted by molar-refractivity contribution is -0.169. The number of carbonyl (C=O) groups is 3. The number of nitrogens with one attached hydrogen (secondary N) is 1. The summed E-state index contributed by atoms with van der Waals surface area (Å²) in [7, 11) is 0. The van der Waals surface area contributed by atoms with E-state index in [1.54, 1.807) is 46.2 Å². The molecule has 8 heteroatoms. The minimum atomic E-state index is -0.971. The van der Waals surface area contributed by atoms with Gasteiger partial charge in [-0.3, -0.25) is 14.4 Å². The number of fused-ring (bicyclic) bond motifs is 1. The number of benzene rings is 2. The standard InChI is InChI=1S/C32H38N4O4/c33-21-24-9-13-25(14-10-24)29(30(38)34-18-17-22-11-15-26(37)16-12-22)36-28(20-23-6-2-1-3-7-23)31(39)35-19-5-4-8-27(35)32(36)40/h9-16,23,27-29,37H,1-8,17-20H2,(H,34,38)/t27-,28-,29?/m0/s1. The first-order chi connectivity index (χ1) is 19.5. The number of aromatic hydroxyl groups is 1. The van der Waals surface area contributed by atoms with Crippen LogP contribution < -0.4 is 5.32 Å². The second-order valence-electron chi connectivity index (χ2n) is 11.4. The van der Waals surface area contributed by atoms with E-state index in [-0.39, 0.29) is 23.5 Å². The first kappa shape index (κ1) is 27.7. The molecule has 3 fully saturated rings. The maximum absolute atomic E-state index is 14.2. The van der Waals surface area contributed by atoms with Crippen LogP contribution in [-0.2, 0) is 20.8 Å². The number of nitrogens with zero attached hydrogens (tertiary/aromatic N) is 3. The van der Waals surface area contributed by atoms with Gasteiger partial charge in [-0.2, -0.15) is 5.26 Å². The summed E-state index contributed by atoms with van der Waals surface area (Å²) in [5.41, 5.74) is 2.03. The molecule has 2 N–H and O–H groups in total. The molecule has 2 aromatic rings. The van der Waals surface area contributed by atoms with Crippen LogP contribution in [0.5, 0.6) is 5.75 Å². The Balaban J connectivity index is 1.46. The highest BCUT2D eigenvalue weighted by molar-refractivity contribution is 6.00. The Morgan fingerprint density at radius 1 is 0.950 bits per heavy atom. The van der Waals surface area contributed by atoms with Crippen LogP contribution in [0.2, 0.25) is 0 Å². The molecule has 5 rings (SSSR count). The third-order valence-electron chi connectivity index (χ3n) is 8.76. The summed E-state index contributed by atoms with van der Waals surface area (Å²) in [5.74, 6) is 0.0114. The third-order valence-corrected chi connectivity index (χ3v) is 8.76. The van der Waals surface area contributed by atoms with Gasteiger partial charge < -0.3 is 20.2 Å². The van der Waals surface area contributed by atoms with Crippen molar-refractivity contribution in [1.29, 1.82) is 5.26 Å². The Hall–Kier alpha value is -3.86. The second kappa shape index (κ2) is 12.5. The zero-order valence-corrected chi connectivity index (χ0v) is 22.9. The fourth-order valence-electron chi connectivity index (χ4n) is 6.62. The Morgan fingerprint density at radius 3 is 2.35 bits per heavy atom. The number of nitriles is 1. The van der Waals surface area contributed by atoms with Crippen molar-refractivity contribution in [3.8, 4) is 11.8 Å². The summed E-state index contributed by atoms with van der Waals surface area (Å²) >= 11 is 0. The van der Waals surface area contributed by atoms with Gasteiger partial charge in [-0.1, -0.05) is 56.4 Å². The van der Waals surface area contributed by atoms with Crippen LogP contribution in [0.1, 0.15) is 80.5 Å². The summed E-state index contributed by atoms with van der Waals surface area (Å²) in [6.45, 7) is 0.930. The van der Waals surface area contributed by atoms with E-state index in [9.17, 15) is 24.8 Å². The average Bonchev–Trinajstić information content (AvgIpc) is 2.99. The van der Waals surface area contributed by atoms with Gasteiger partial charge in [-0.25, -0.2) is 0 Å². The second-order valence-corrected chi connectivity index (χ2v) is 11.4. The highest BCUT2D eigenvalue weighted by Crippen LogP contribution is 2.38. The van der Waals surface area contributed by atoms with E-state index >= 15 is 0 Å². The number of phenols is 1. The number of hydrogen-bond donors (Lipinski definition) is 2. The quantitative estimate of drug-likeness (QED) is 0.518. The van der Waals surface area contributed by atoms with Gasteiger partial charge in [-0.15, -0.1) is 0 Å². The van der Waals surface area contributed by atoms with Crippen LogP contribution in [-0.4, -0.2) is 57.8 Å². The van der Waals surface area contributed by atoms with Crippen molar-refractivity contribution in [2.24, 2.45) is 5.92 Å². The van der Waals surface area contributed by atoms with Gasteiger partial charge in [0, 0.05) is 13.1 Å². The molecule has 3 atom stereocenters. The van der Waals surface area contributed by atoms with E-state index in [0.29, 0.717) is 49.4 Å². The molecule has 40 heavy (non-hydrogen) atoms. The molecular weight excluding hydrogens is 504 g/mol. The highest BCUT2D eigenvalue weighted by atomic mass is 16.3. The van der Waals surface area contributed by atoms with Crippen LogP contribution in [0, 0.1) is 17.2 Å². The molecule has 8 nitrogen and oxygen atoms in total. The third kappa shape index (κ3) is 5.99. The number of amides is 3. The number of rotatable bonds is 8. The molecule has 2 saturated heterocycles. The average molecular weight is 543 g/mol. The molecule has 3 amide bonds. The molecular formula is C32H38N4O4. The minimum Gasteiger partial charge on any atom is -0.508 e. The summed E-state index contributed by atoms with van der Waals surface area (Å²) in [4.78, 5) is 45.5. The van der Waals surface area contributed by atoms with Gasteiger partial charge in [0.15, 0.2) is 0 Å². The Bertz CT molecular complexity index is 1250. The van der Waals surface area contributed by atoms with Gasteiger partial charge in [0.2, 0.25) is 17.7 Å². The largest absolute Gasteiger partial charge is 0.508 e. The number of carbonyl (C=O) groups excluding carboxylic acids is 3. The first-order valence-electron chi connectivity index (χ1n) is 14.6. The van der Waals surface area contributed by atoms with Crippen LogP contribution in [0.4, 0.5) is 0 Å². The van der Waals surface area contributed by atoms with Crippen LogP contribution in [0.25, 0.3) is 0 Å². The highest BCUT2D eigenvalue weighted by Gasteiger charge is 2.51. The first-order valence-corrected chi connectivity index (χ1v) is 14.6. The Labute approximate surface area is 236 Å². The zero-order chi connectivity index (χ0) is 28.1. The van der Waals surface area contributed by atoms with E-state index < -0.39 is 18.1 Å². The Kier molecular flexibility index (Phi) is 8.69. The molecule has 0 bridgehead atoms. The van der Waals surface area contributed by atoms with Gasteiger partial charge in [-0.05, 0) is 73.4 Å². The normalized spacial score (nSPS) is 22.4. The fraction of sp³-hybridized carbons (Fsp3) is 0.500. The van der Waals surface area contributed by atoms with Gasteiger partial charge in [0.25, 0.3) is 0 Å². The molecule has 2 aromatic carbocycles. The van der Waals surface area contributed by atoms with E-state index in [2.05, 4.69) is 11.4 Å². The number of phenolic OH excluding ortho intramolecular Hbond substituents is 1. The lowest BCUT2D eigenvalue weighted by Gasteiger charge is -2.50. The predicted molar refractivity (Wildman–Crippen MR) is 150 cm³/mol. The van der Waals surface area contributed by atoms with Crippen molar-refractivity contribution in [1.82, 2.24) is 15.1 Å². The predicted octanol–water partition coefficient (Wildman–Crippen LogP) is 4.23. The molecule has 2 aliphatic heterocycles. The maximum atomic E-state index is 14.2. The molecule has 1 aliphatic carbocycles. The van der Waals surface area contributed by atoms with Crippen molar-refractivity contribution in [2.75, 3.05) is 13.1 Å².